The minimum Gasteiger partial charge on any atom is -0.478 e. The maximum atomic E-state index is 5.95. The van der Waals surface area contributed by atoms with Crippen LogP contribution in [0.1, 0.15) is 18.9 Å². The summed E-state index contributed by atoms with van der Waals surface area (Å²) in [7, 11) is 0. The predicted molar refractivity (Wildman–Crippen MR) is 67.6 cm³/mol. The van der Waals surface area contributed by atoms with Gasteiger partial charge in [-0.1, -0.05) is 29.3 Å². The fourth-order valence-corrected chi connectivity index (χ4v) is 2.06. The highest BCUT2D eigenvalue weighted by atomic mass is 35.5. The number of rotatable bonds is 3. The molecule has 4 heteroatoms. The summed E-state index contributed by atoms with van der Waals surface area (Å²) in [5, 5.41) is 1.21. The Morgan fingerprint density at radius 1 is 1.31 bits per heavy atom. The molecule has 1 heterocycles. The number of benzene rings is 1. The Bertz CT molecular complexity index is 406. The number of hydrogen-bond donors (Lipinski definition) is 0. The quantitative estimate of drug-likeness (QED) is 0.809. The topological polar surface area (TPSA) is 21.6 Å². The molecule has 2 rings (SSSR count). The molecule has 0 N–H and O–H groups in total. The van der Waals surface area contributed by atoms with Crippen LogP contribution in [0.15, 0.2) is 23.2 Å². The van der Waals surface area contributed by atoms with Gasteiger partial charge < -0.3 is 4.74 Å². The number of halogens is 2. The van der Waals surface area contributed by atoms with Crippen molar-refractivity contribution in [2.75, 3.05) is 0 Å². The fraction of sp³-hybridized carbons (Fsp3) is 0.417. The van der Waals surface area contributed by atoms with Crippen molar-refractivity contribution in [1.29, 1.82) is 0 Å². The Balaban J connectivity index is 1.94. The fourth-order valence-electron chi connectivity index (χ4n) is 1.74. The highest BCUT2D eigenvalue weighted by Crippen LogP contribution is 2.24. The van der Waals surface area contributed by atoms with Gasteiger partial charge in [-0.05, 0) is 37.5 Å². The molecule has 0 spiro atoms. The lowest BCUT2D eigenvalue weighted by Crippen LogP contribution is -2.18. The minimum atomic E-state index is 0.183. The molecule has 1 aromatic rings. The van der Waals surface area contributed by atoms with Crippen LogP contribution in [0, 0.1) is 0 Å². The van der Waals surface area contributed by atoms with Crippen LogP contribution in [0.25, 0.3) is 0 Å². The second-order valence-electron chi connectivity index (χ2n) is 3.95. The molecule has 2 nitrogen and oxygen atoms in total. The number of hydrogen-bond acceptors (Lipinski definition) is 2. The minimum absolute atomic E-state index is 0.183. The molecule has 16 heavy (non-hydrogen) atoms. The first-order valence-electron chi connectivity index (χ1n) is 5.28. The van der Waals surface area contributed by atoms with Gasteiger partial charge in [-0.25, -0.2) is 0 Å². The molecule has 1 aliphatic rings. The summed E-state index contributed by atoms with van der Waals surface area (Å²) in [6, 6.07) is 6.00. The zero-order valence-electron chi connectivity index (χ0n) is 8.99. The average molecular weight is 258 g/mol. The molecule has 0 saturated heterocycles. The number of nitrogens with zero attached hydrogens (tertiary/aromatic N) is 1. The third-order valence-electron chi connectivity index (χ3n) is 2.78. The van der Waals surface area contributed by atoms with Crippen molar-refractivity contribution in [2.24, 2.45) is 4.99 Å². The molecular formula is C12H13Cl2NO. The lowest BCUT2D eigenvalue weighted by Gasteiger charge is -2.12. The van der Waals surface area contributed by atoms with E-state index in [1.165, 1.54) is 5.56 Å². The first-order chi connectivity index (χ1) is 7.66. The smallest absolute Gasteiger partial charge is 0.170 e. The van der Waals surface area contributed by atoms with Gasteiger partial charge in [-0.3, -0.25) is 4.99 Å². The van der Waals surface area contributed by atoms with Gasteiger partial charge in [0, 0.05) is 0 Å². The van der Waals surface area contributed by atoms with Gasteiger partial charge in [0.25, 0.3) is 0 Å². The zero-order valence-corrected chi connectivity index (χ0v) is 10.5. The summed E-state index contributed by atoms with van der Waals surface area (Å²) in [4.78, 5) is 4.27. The summed E-state index contributed by atoms with van der Waals surface area (Å²) in [5.41, 5.74) is 1.18. The summed E-state index contributed by atoms with van der Waals surface area (Å²) in [6.45, 7) is 2.03. The van der Waals surface area contributed by atoms with Gasteiger partial charge in [0.1, 0.15) is 6.10 Å². The molecule has 2 unspecified atom stereocenters. The molecule has 2 atom stereocenters. The van der Waals surface area contributed by atoms with Crippen molar-refractivity contribution in [1.82, 2.24) is 0 Å². The van der Waals surface area contributed by atoms with Gasteiger partial charge in [0.15, 0.2) is 6.40 Å². The van der Waals surface area contributed by atoms with Crippen molar-refractivity contribution in [3.8, 4) is 0 Å². The van der Waals surface area contributed by atoms with Crippen LogP contribution in [0.2, 0.25) is 10.0 Å². The van der Waals surface area contributed by atoms with E-state index < -0.39 is 0 Å². The van der Waals surface area contributed by atoms with E-state index in [0.717, 1.165) is 12.8 Å². The number of aryl methyl sites for hydroxylation is 1. The first kappa shape index (κ1) is 11.7. The Morgan fingerprint density at radius 2 is 2.12 bits per heavy atom. The molecule has 0 amide bonds. The lowest BCUT2D eigenvalue weighted by atomic mass is 10.0. The highest BCUT2D eigenvalue weighted by Gasteiger charge is 2.20. The predicted octanol–water partition coefficient (Wildman–Crippen LogP) is 3.74. The van der Waals surface area contributed by atoms with Gasteiger partial charge in [0.05, 0.1) is 16.1 Å². The van der Waals surface area contributed by atoms with Gasteiger partial charge in [-0.2, -0.15) is 0 Å². The second-order valence-corrected chi connectivity index (χ2v) is 4.76. The SMILES string of the molecule is CC1OC=NC1CCc1ccc(Cl)c(Cl)c1. The molecular weight excluding hydrogens is 245 g/mol. The van der Waals surface area contributed by atoms with E-state index in [0.29, 0.717) is 10.0 Å². The van der Waals surface area contributed by atoms with E-state index in [1.54, 1.807) is 6.40 Å². The van der Waals surface area contributed by atoms with Crippen LogP contribution in [-0.2, 0) is 11.2 Å². The maximum Gasteiger partial charge on any atom is 0.170 e. The molecule has 86 valence electrons. The first-order valence-corrected chi connectivity index (χ1v) is 6.03. The summed E-state index contributed by atoms with van der Waals surface area (Å²) in [5.74, 6) is 0. The molecule has 0 bridgehead atoms. The second kappa shape index (κ2) is 5.07. The van der Waals surface area contributed by atoms with Crippen LogP contribution in [0.5, 0.6) is 0 Å². The van der Waals surface area contributed by atoms with Crippen LogP contribution in [0.4, 0.5) is 0 Å². The number of ether oxygens (including phenoxy) is 1. The van der Waals surface area contributed by atoms with Crippen LogP contribution in [0.3, 0.4) is 0 Å². The molecule has 0 saturated carbocycles. The van der Waals surface area contributed by atoms with Crippen LogP contribution in [-0.4, -0.2) is 18.5 Å². The van der Waals surface area contributed by atoms with Crippen molar-refractivity contribution < 1.29 is 4.74 Å². The van der Waals surface area contributed by atoms with E-state index in [9.17, 15) is 0 Å². The van der Waals surface area contributed by atoms with Gasteiger partial charge in [-0.15, -0.1) is 0 Å². The van der Waals surface area contributed by atoms with Crippen molar-refractivity contribution in [3.05, 3.63) is 33.8 Å². The van der Waals surface area contributed by atoms with Crippen molar-refractivity contribution >= 4 is 29.6 Å². The Labute approximate surface area is 105 Å². The van der Waals surface area contributed by atoms with Gasteiger partial charge >= 0.3 is 0 Å². The molecule has 1 aromatic carbocycles. The third-order valence-corrected chi connectivity index (χ3v) is 3.52. The highest BCUT2D eigenvalue weighted by molar-refractivity contribution is 6.42. The van der Waals surface area contributed by atoms with Crippen molar-refractivity contribution in [2.45, 2.75) is 31.9 Å². The zero-order chi connectivity index (χ0) is 11.5. The average Bonchev–Trinajstić information content (AvgIpc) is 2.66. The van der Waals surface area contributed by atoms with Crippen molar-refractivity contribution in [3.63, 3.8) is 0 Å². The van der Waals surface area contributed by atoms with Gasteiger partial charge in [0.2, 0.25) is 0 Å². The Kier molecular flexibility index (Phi) is 3.72. The largest absolute Gasteiger partial charge is 0.478 e. The molecule has 0 radical (unpaired) electrons. The van der Waals surface area contributed by atoms with Crippen LogP contribution < -0.4 is 0 Å². The van der Waals surface area contributed by atoms with E-state index in [-0.39, 0.29) is 12.1 Å². The summed E-state index contributed by atoms with van der Waals surface area (Å²) < 4.78 is 5.26. The third kappa shape index (κ3) is 2.69. The summed E-state index contributed by atoms with van der Waals surface area (Å²) >= 11 is 11.8. The monoisotopic (exact) mass is 257 g/mol. The standard InChI is InChI=1S/C12H13Cl2NO/c1-8-12(15-7-16-8)5-3-9-2-4-10(13)11(14)6-9/h2,4,6-8,12H,3,5H2,1H3. The van der Waals surface area contributed by atoms with E-state index in [2.05, 4.69) is 4.99 Å². The molecule has 1 aliphatic heterocycles. The van der Waals surface area contributed by atoms with E-state index in [1.807, 2.05) is 25.1 Å². The Hall–Kier alpha value is -0.730. The molecule has 0 fully saturated rings. The summed E-state index contributed by atoms with van der Waals surface area (Å²) in [6.07, 6.45) is 3.63. The Morgan fingerprint density at radius 3 is 2.75 bits per heavy atom. The van der Waals surface area contributed by atoms with Crippen LogP contribution >= 0.6 is 23.2 Å². The number of aliphatic imine (C=N–C) groups is 1. The lowest BCUT2D eigenvalue weighted by molar-refractivity contribution is 0.216. The van der Waals surface area contributed by atoms with E-state index >= 15 is 0 Å². The van der Waals surface area contributed by atoms with E-state index in [4.69, 9.17) is 27.9 Å². The maximum absolute atomic E-state index is 5.95. The normalized spacial score (nSPS) is 23.4. The molecule has 0 aromatic heterocycles. The molecule has 0 aliphatic carbocycles.